The second kappa shape index (κ2) is 8.33. The van der Waals surface area contributed by atoms with Crippen LogP contribution in [0.2, 0.25) is 0 Å². The highest BCUT2D eigenvalue weighted by atomic mass is 19.1. The topological polar surface area (TPSA) is 87.5 Å². The quantitative estimate of drug-likeness (QED) is 0.708. The molecule has 0 spiro atoms. The van der Waals surface area contributed by atoms with E-state index in [4.69, 9.17) is 0 Å². The summed E-state index contributed by atoms with van der Waals surface area (Å²) >= 11 is 0. The molecule has 0 saturated carbocycles. The zero-order valence-electron chi connectivity index (χ0n) is 18.3. The van der Waals surface area contributed by atoms with Crippen molar-refractivity contribution in [1.29, 1.82) is 0 Å². The smallest absolute Gasteiger partial charge is 0.255 e. The minimum absolute atomic E-state index is 0.0341. The molecule has 3 aliphatic heterocycles. The van der Waals surface area contributed by atoms with Gasteiger partial charge < -0.3 is 9.47 Å². The number of likely N-dealkylation sites (tertiary alicyclic amines) is 1. The van der Waals surface area contributed by atoms with E-state index in [1.165, 1.54) is 4.90 Å². The molecule has 3 amide bonds. The van der Waals surface area contributed by atoms with Crippen molar-refractivity contribution in [3.8, 4) is 0 Å². The second-order valence-electron chi connectivity index (χ2n) is 9.06. The minimum atomic E-state index is -0.858. The number of benzene rings is 1. The summed E-state index contributed by atoms with van der Waals surface area (Å²) in [5, 5.41) is 2.22. The number of piperidine rings is 2. The van der Waals surface area contributed by atoms with Crippen LogP contribution >= 0.6 is 0 Å². The molecule has 0 aliphatic carbocycles. The van der Waals surface area contributed by atoms with Gasteiger partial charge in [-0.15, -0.1) is 0 Å². The van der Waals surface area contributed by atoms with Gasteiger partial charge in [-0.2, -0.15) is 0 Å². The van der Waals surface area contributed by atoms with Crippen molar-refractivity contribution in [3.63, 3.8) is 0 Å². The Morgan fingerprint density at radius 3 is 2.58 bits per heavy atom. The summed E-state index contributed by atoms with van der Waals surface area (Å²) in [6.45, 7) is 2.03. The van der Waals surface area contributed by atoms with Gasteiger partial charge in [0.2, 0.25) is 11.8 Å². The lowest BCUT2D eigenvalue weighted by Gasteiger charge is -2.32. The number of carbonyl (C=O) groups excluding carboxylic acids is 3. The molecule has 174 valence electrons. The van der Waals surface area contributed by atoms with E-state index in [9.17, 15) is 14.4 Å². The van der Waals surface area contributed by atoms with E-state index in [-0.39, 0.29) is 42.0 Å². The van der Waals surface area contributed by atoms with Gasteiger partial charge >= 0.3 is 0 Å². The monoisotopic (exact) mass is 457 g/mol. The predicted molar refractivity (Wildman–Crippen MR) is 113 cm³/mol. The van der Waals surface area contributed by atoms with Gasteiger partial charge in [-0.25, -0.2) is 13.8 Å². The lowest BCUT2D eigenvalue weighted by molar-refractivity contribution is -0.136. The van der Waals surface area contributed by atoms with Crippen molar-refractivity contribution in [3.05, 3.63) is 52.6 Å². The number of halogens is 2. The fourth-order valence-electron chi connectivity index (χ4n) is 5.17. The summed E-state index contributed by atoms with van der Waals surface area (Å²) in [6.07, 6.45) is 5.06. The SMILES string of the molecule is Cn1cncc1CN1CCC(c2c(F)cc3c(c2F)CN(C2CCC(=O)NC2=O)C3=O)CC1. The predicted octanol–water partition coefficient (Wildman–Crippen LogP) is 1.84. The van der Waals surface area contributed by atoms with Crippen molar-refractivity contribution in [2.24, 2.45) is 7.05 Å². The third-order valence-corrected chi connectivity index (χ3v) is 7.06. The number of fused-ring (bicyclic) bond motifs is 1. The van der Waals surface area contributed by atoms with Crippen molar-refractivity contribution in [1.82, 2.24) is 24.7 Å². The Bertz CT molecular complexity index is 1140. The van der Waals surface area contributed by atoms with E-state index in [2.05, 4.69) is 15.2 Å². The summed E-state index contributed by atoms with van der Waals surface area (Å²) in [5.41, 5.74) is 1.22. The molecular formula is C23H25F2N5O3. The second-order valence-corrected chi connectivity index (χ2v) is 9.06. The first-order chi connectivity index (χ1) is 15.8. The lowest BCUT2D eigenvalue weighted by atomic mass is 9.86. The zero-order valence-corrected chi connectivity index (χ0v) is 18.3. The number of imidazole rings is 1. The Balaban J connectivity index is 1.33. The van der Waals surface area contributed by atoms with Crippen molar-refractivity contribution < 1.29 is 23.2 Å². The standard InChI is InChI=1S/C23H25F2N5O3/c1-28-12-26-9-14(28)10-29-6-4-13(5-7-29)20-17(24)8-15-16(21(20)25)11-30(23(15)33)18-2-3-19(31)27-22(18)32/h8-9,12-13,18H,2-7,10-11H2,1H3,(H,27,31,32). The van der Waals surface area contributed by atoms with Crippen molar-refractivity contribution in [2.45, 2.75) is 50.7 Å². The van der Waals surface area contributed by atoms with Gasteiger partial charge in [0.1, 0.15) is 17.7 Å². The first-order valence-electron chi connectivity index (χ1n) is 11.2. The summed E-state index contributed by atoms with van der Waals surface area (Å²) in [5.74, 6) is -3.22. The molecule has 2 fully saturated rings. The van der Waals surface area contributed by atoms with Gasteiger partial charge in [-0.1, -0.05) is 0 Å². The highest BCUT2D eigenvalue weighted by molar-refractivity contribution is 6.05. The number of hydrogen-bond acceptors (Lipinski definition) is 5. The number of hydrogen-bond donors (Lipinski definition) is 1. The Kier molecular flexibility index (Phi) is 5.48. The fraction of sp³-hybridized carbons (Fsp3) is 0.478. The molecule has 10 heteroatoms. The summed E-state index contributed by atoms with van der Waals surface area (Å²) < 4.78 is 32.6. The molecule has 2 aromatic rings. The fourth-order valence-corrected chi connectivity index (χ4v) is 5.17. The van der Waals surface area contributed by atoms with E-state index in [1.807, 2.05) is 17.8 Å². The van der Waals surface area contributed by atoms with Gasteiger partial charge in [0.15, 0.2) is 0 Å². The zero-order chi connectivity index (χ0) is 23.3. The third-order valence-electron chi connectivity index (χ3n) is 7.06. The van der Waals surface area contributed by atoms with Crippen LogP contribution in [0.25, 0.3) is 0 Å². The summed E-state index contributed by atoms with van der Waals surface area (Å²) in [7, 11) is 1.93. The molecule has 1 N–H and O–H groups in total. The van der Waals surface area contributed by atoms with Crippen LogP contribution in [0, 0.1) is 11.6 Å². The van der Waals surface area contributed by atoms with Gasteiger partial charge in [0.05, 0.1) is 24.1 Å². The van der Waals surface area contributed by atoms with Crippen LogP contribution in [0.15, 0.2) is 18.6 Å². The van der Waals surface area contributed by atoms with E-state index in [0.717, 1.165) is 18.3 Å². The number of imide groups is 1. The van der Waals surface area contributed by atoms with E-state index in [0.29, 0.717) is 25.9 Å². The first kappa shape index (κ1) is 21.7. The molecule has 0 bridgehead atoms. The Morgan fingerprint density at radius 2 is 1.91 bits per heavy atom. The first-order valence-corrected chi connectivity index (χ1v) is 11.2. The largest absolute Gasteiger partial charge is 0.337 e. The summed E-state index contributed by atoms with van der Waals surface area (Å²) in [4.78, 5) is 44.1. The normalized spacial score (nSPS) is 22.1. The molecule has 5 rings (SSSR count). The van der Waals surface area contributed by atoms with Gasteiger partial charge in [0, 0.05) is 37.3 Å². The molecule has 8 nitrogen and oxygen atoms in total. The van der Waals surface area contributed by atoms with Crippen LogP contribution in [0.1, 0.15) is 58.8 Å². The van der Waals surface area contributed by atoms with Gasteiger partial charge in [0.25, 0.3) is 5.91 Å². The molecule has 1 unspecified atom stereocenters. The average molecular weight is 457 g/mol. The van der Waals surface area contributed by atoms with E-state index in [1.54, 1.807) is 6.33 Å². The molecule has 2 saturated heterocycles. The van der Waals surface area contributed by atoms with E-state index >= 15 is 8.78 Å². The molecular weight excluding hydrogens is 432 g/mol. The van der Waals surface area contributed by atoms with Crippen LogP contribution in [0.3, 0.4) is 0 Å². The van der Waals surface area contributed by atoms with Crippen molar-refractivity contribution >= 4 is 17.7 Å². The molecule has 1 aromatic heterocycles. The maximum absolute atomic E-state index is 15.5. The number of carbonyl (C=O) groups is 3. The molecule has 0 radical (unpaired) electrons. The van der Waals surface area contributed by atoms with Crippen LogP contribution in [0.5, 0.6) is 0 Å². The molecule has 4 heterocycles. The molecule has 1 atom stereocenters. The Morgan fingerprint density at radius 1 is 1.15 bits per heavy atom. The third kappa shape index (κ3) is 3.82. The summed E-state index contributed by atoms with van der Waals surface area (Å²) in [6, 6.07) is 0.257. The number of nitrogens with one attached hydrogen (secondary N) is 1. The number of amides is 3. The maximum Gasteiger partial charge on any atom is 0.255 e. The number of rotatable bonds is 4. The minimum Gasteiger partial charge on any atom is -0.337 e. The van der Waals surface area contributed by atoms with Crippen LogP contribution in [-0.4, -0.2) is 56.2 Å². The highest BCUT2D eigenvalue weighted by Crippen LogP contribution is 2.38. The highest BCUT2D eigenvalue weighted by Gasteiger charge is 2.42. The number of nitrogens with zero attached hydrogens (tertiary/aromatic N) is 4. The van der Waals surface area contributed by atoms with Gasteiger partial charge in [-0.05, 0) is 44.3 Å². The van der Waals surface area contributed by atoms with Crippen molar-refractivity contribution in [2.75, 3.05) is 13.1 Å². The lowest BCUT2D eigenvalue weighted by Crippen LogP contribution is -2.52. The van der Waals surface area contributed by atoms with E-state index < -0.39 is 35.4 Å². The number of aryl methyl sites for hydroxylation is 1. The van der Waals surface area contributed by atoms with Crippen LogP contribution in [-0.2, 0) is 29.7 Å². The molecule has 33 heavy (non-hydrogen) atoms. The maximum atomic E-state index is 15.5. The Labute approximate surface area is 189 Å². The molecule has 3 aliphatic rings. The average Bonchev–Trinajstić information content (AvgIpc) is 3.33. The number of aromatic nitrogens is 2. The Hall–Kier alpha value is -3.14. The van der Waals surface area contributed by atoms with Crippen LogP contribution < -0.4 is 5.32 Å². The van der Waals surface area contributed by atoms with Crippen LogP contribution in [0.4, 0.5) is 8.78 Å². The van der Waals surface area contributed by atoms with Gasteiger partial charge in [-0.3, -0.25) is 24.6 Å². The molecule has 1 aromatic carbocycles.